The Bertz CT molecular complexity index is 807. The van der Waals surface area contributed by atoms with Gasteiger partial charge in [-0.25, -0.2) is 0 Å². The van der Waals surface area contributed by atoms with Gasteiger partial charge < -0.3 is 19.5 Å². The van der Waals surface area contributed by atoms with E-state index in [9.17, 15) is 9.59 Å². The highest BCUT2D eigenvalue weighted by Crippen LogP contribution is 2.28. The first-order valence-electron chi connectivity index (χ1n) is 9.57. The van der Waals surface area contributed by atoms with Crippen molar-refractivity contribution in [2.75, 3.05) is 26.4 Å². The Hall–Kier alpha value is -2.54. The molecular weight excluding hydrogens is 438 g/mol. The zero-order valence-electron chi connectivity index (χ0n) is 16.7. The maximum Gasteiger partial charge on any atom is 0.310 e. The lowest BCUT2D eigenvalue weighted by Gasteiger charge is -2.12. The van der Waals surface area contributed by atoms with Crippen molar-refractivity contribution >= 4 is 27.8 Å². The summed E-state index contributed by atoms with van der Waals surface area (Å²) in [6.07, 6.45) is 0.762. The molecule has 0 saturated heterocycles. The summed E-state index contributed by atoms with van der Waals surface area (Å²) in [5.41, 5.74) is 1.85. The van der Waals surface area contributed by atoms with Crippen molar-refractivity contribution in [1.82, 2.24) is 5.32 Å². The van der Waals surface area contributed by atoms with Gasteiger partial charge in [-0.2, -0.15) is 0 Å². The number of amides is 1. The number of esters is 1. The molecule has 0 aliphatic rings. The predicted octanol–water partition coefficient (Wildman–Crippen LogP) is 3.69. The monoisotopic (exact) mass is 463 g/mol. The van der Waals surface area contributed by atoms with Gasteiger partial charge in [0.25, 0.3) is 5.91 Å². The number of ether oxygens (including phenoxy) is 3. The summed E-state index contributed by atoms with van der Waals surface area (Å²) in [7, 11) is 0. The number of halogens is 1. The SMILES string of the molecule is CCOc1ccc(CCNC(=O)COC(=O)Cc2ccc(Br)cc2)cc1OCC. The Morgan fingerprint density at radius 3 is 2.28 bits per heavy atom. The van der Waals surface area contributed by atoms with Crippen molar-refractivity contribution in [2.24, 2.45) is 0 Å². The first-order chi connectivity index (χ1) is 14.0. The number of nitrogens with one attached hydrogen (secondary N) is 1. The zero-order chi connectivity index (χ0) is 21.1. The van der Waals surface area contributed by atoms with Gasteiger partial charge in [0.15, 0.2) is 18.1 Å². The van der Waals surface area contributed by atoms with Gasteiger partial charge in [0, 0.05) is 11.0 Å². The highest BCUT2D eigenvalue weighted by Gasteiger charge is 2.10. The van der Waals surface area contributed by atoms with Crippen LogP contribution in [0, 0.1) is 0 Å². The standard InChI is InChI=1S/C22H26BrNO5/c1-3-27-19-10-7-17(13-20(19)28-4-2)11-12-24-21(25)15-29-22(26)14-16-5-8-18(23)9-6-16/h5-10,13H,3-4,11-12,14-15H2,1-2H3,(H,24,25). The van der Waals surface area contributed by atoms with Gasteiger partial charge in [0.2, 0.25) is 0 Å². The van der Waals surface area contributed by atoms with E-state index in [1.165, 1.54) is 0 Å². The van der Waals surface area contributed by atoms with Crippen LogP contribution in [0.1, 0.15) is 25.0 Å². The van der Waals surface area contributed by atoms with E-state index < -0.39 is 5.97 Å². The van der Waals surface area contributed by atoms with Crippen molar-refractivity contribution in [3.05, 3.63) is 58.1 Å². The van der Waals surface area contributed by atoms with Gasteiger partial charge in [0.05, 0.1) is 19.6 Å². The molecule has 2 aromatic rings. The number of carbonyl (C=O) groups is 2. The molecule has 29 heavy (non-hydrogen) atoms. The average Bonchev–Trinajstić information content (AvgIpc) is 2.70. The molecule has 0 fully saturated rings. The average molecular weight is 464 g/mol. The fourth-order valence-corrected chi connectivity index (χ4v) is 2.88. The maximum absolute atomic E-state index is 11.9. The van der Waals surface area contributed by atoms with Crippen molar-refractivity contribution in [1.29, 1.82) is 0 Å². The van der Waals surface area contributed by atoms with Crippen LogP contribution >= 0.6 is 15.9 Å². The summed E-state index contributed by atoms with van der Waals surface area (Å²) in [5, 5.41) is 2.75. The second-order valence-corrected chi connectivity index (χ2v) is 7.13. The Morgan fingerprint density at radius 2 is 1.59 bits per heavy atom. The van der Waals surface area contributed by atoms with Crippen LogP contribution in [0.2, 0.25) is 0 Å². The fourth-order valence-electron chi connectivity index (χ4n) is 2.61. The number of hydrogen-bond donors (Lipinski definition) is 1. The first-order valence-corrected chi connectivity index (χ1v) is 10.4. The lowest BCUT2D eigenvalue weighted by molar-refractivity contribution is -0.147. The Balaban J connectivity index is 1.73. The highest BCUT2D eigenvalue weighted by molar-refractivity contribution is 9.10. The minimum atomic E-state index is -0.435. The van der Waals surface area contributed by atoms with E-state index in [1.807, 2.05) is 56.3 Å². The maximum atomic E-state index is 11.9. The van der Waals surface area contributed by atoms with Gasteiger partial charge in [-0.05, 0) is 55.7 Å². The van der Waals surface area contributed by atoms with Gasteiger partial charge >= 0.3 is 5.97 Å². The number of hydrogen-bond acceptors (Lipinski definition) is 5. The van der Waals surface area contributed by atoms with Crippen molar-refractivity contribution < 1.29 is 23.8 Å². The number of carbonyl (C=O) groups excluding carboxylic acids is 2. The summed E-state index contributed by atoms with van der Waals surface area (Å²) in [6, 6.07) is 13.1. The molecule has 0 atom stereocenters. The quantitative estimate of drug-likeness (QED) is 0.514. The molecule has 1 amide bonds. The topological polar surface area (TPSA) is 73.9 Å². The second-order valence-electron chi connectivity index (χ2n) is 6.21. The van der Waals surface area contributed by atoms with Crippen molar-refractivity contribution in [2.45, 2.75) is 26.7 Å². The minimum Gasteiger partial charge on any atom is -0.490 e. The molecule has 156 valence electrons. The Morgan fingerprint density at radius 1 is 0.931 bits per heavy atom. The minimum absolute atomic E-state index is 0.132. The van der Waals surface area contributed by atoms with Crippen LogP contribution < -0.4 is 14.8 Å². The third-order valence-corrected chi connectivity index (χ3v) is 4.50. The van der Waals surface area contributed by atoms with E-state index in [0.29, 0.717) is 37.7 Å². The van der Waals surface area contributed by atoms with Crippen LogP contribution in [0.25, 0.3) is 0 Å². The number of benzene rings is 2. The molecule has 6 nitrogen and oxygen atoms in total. The molecule has 0 aromatic heterocycles. The molecule has 0 saturated carbocycles. The van der Waals surface area contributed by atoms with Crippen LogP contribution in [-0.4, -0.2) is 38.2 Å². The molecular formula is C22H26BrNO5. The van der Waals surface area contributed by atoms with Crippen LogP contribution in [0.3, 0.4) is 0 Å². The largest absolute Gasteiger partial charge is 0.490 e. The van der Waals surface area contributed by atoms with E-state index in [0.717, 1.165) is 15.6 Å². The molecule has 0 bridgehead atoms. The van der Waals surface area contributed by atoms with Crippen LogP contribution in [0.4, 0.5) is 0 Å². The van der Waals surface area contributed by atoms with Gasteiger partial charge in [0.1, 0.15) is 0 Å². The molecule has 0 heterocycles. The van der Waals surface area contributed by atoms with Crippen LogP contribution in [0.15, 0.2) is 46.9 Å². The lowest BCUT2D eigenvalue weighted by atomic mass is 10.1. The Labute approximate surface area is 179 Å². The predicted molar refractivity (Wildman–Crippen MR) is 114 cm³/mol. The molecule has 2 rings (SSSR count). The Kier molecular flexibility index (Phi) is 9.50. The van der Waals surface area contributed by atoms with E-state index in [4.69, 9.17) is 14.2 Å². The van der Waals surface area contributed by atoms with Crippen molar-refractivity contribution in [3.63, 3.8) is 0 Å². The van der Waals surface area contributed by atoms with E-state index in [1.54, 1.807) is 0 Å². The lowest BCUT2D eigenvalue weighted by Crippen LogP contribution is -2.30. The number of rotatable bonds is 11. The van der Waals surface area contributed by atoms with Crippen LogP contribution in [0.5, 0.6) is 11.5 Å². The highest BCUT2D eigenvalue weighted by atomic mass is 79.9. The first kappa shape index (κ1) is 22.7. The molecule has 2 aromatic carbocycles. The fraction of sp³-hybridized carbons (Fsp3) is 0.364. The van der Waals surface area contributed by atoms with Crippen molar-refractivity contribution in [3.8, 4) is 11.5 Å². The summed E-state index contributed by atoms with van der Waals surface area (Å²) >= 11 is 3.34. The summed E-state index contributed by atoms with van der Waals surface area (Å²) in [6.45, 7) is 5.10. The normalized spacial score (nSPS) is 10.3. The van der Waals surface area contributed by atoms with E-state index >= 15 is 0 Å². The zero-order valence-corrected chi connectivity index (χ0v) is 18.3. The molecule has 0 radical (unpaired) electrons. The third kappa shape index (κ3) is 8.15. The summed E-state index contributed by atoms with van der Waals surface area (Å²) in [5.74, 6) is 0.639. The van der Waals surface area contributed by atoms with Gasteiger partial charge in [-0.1, -0.05) is 34.1 Å². The van der Waals surface area contributed by atoms with Gasteiger partial charge in [-0.15, -0.1) is 0 Å². The molecule has 0 aliphatic carbocycles. The summed E-state index contributed by atoms with van der Waals surface area (Å²) < 4.78 is 17.1. The molecule has 0 spiro atoms. The molecule has 7 heteroatoms. The van der Waals surface area contributed by atoms with E-state index in [2.05, 4.69) is 21.2 Å². The second kappa shape index (κ2) is 12.1. The summed E-state index contributed by atoms with van der Waals surface area (Å²) in [4.78, 5) is 23.7. The molecule has 0 unspecified atom stereocenters. The van der Waals surface area contributed by atoms with Gasteiger partial charge in [-0.3, -0.25) is 9.59 Å². The molecule has 0 aliphatic heterocycles. The third-order valence-electron chi connectivity index (χ3n) is 3.97. The van der Waals surface area contributed by atoms with Crippen LogP contribution in [-0.2, 0) is 27.2 Å². The molecule has 1 N–H and O–H groups in total. The smallest absolute Gasteiger partial charge is 0.310 e. The van der Waals surface area contributed by atoms with E-state index in [-0.39, 0.29) is 18.9 Å².